The smallest absolute Gasteiger partial charge is 0.307 e. The lowest BCUT2D eigenvalue weighted by Gasteiger charge is -2.23. The van der Waals surface area contributed by atoms with Crippen LogP contribution in [0.1, 0.15) is 23.6 Å². The van der Waals surface area contributed by atoms with Crippen molar-refractivity contribution in [1.29, 1.82) is 0 Å². The van der Waals surface area contributed by atoms with Gasteiger partial charge in [0.15, 0.2) is 0 Å². The average Bonchev–Trinajstić information content (AvgIpc) is 3.40. The third-order valence-electron chi connectivity index (χ3n) is 5.61. The van der Waals surface area contributed by atoms with Crippen LogP contribution < -0.4 is 4.90 Å². The van der Waals surface area contributed by atoms with Crippen LogP contribution in [0, 0.1) is 0 Å². The van der Waals surface area contributed by atoms with Gasteiger partial charge in [-0.25, -0.2) is 5.01 Å². The Hall–Kier alpha value is -3.12. The minimum Gasteiger partial charge on any atom is -0.378 e. The highest BCUT2D eigenvalue weighted by molar-refractivity contribution is 8.14. The minimum atomic E-state index is -0.138. The number of aliphatic imine (C=N–C) groups is 1. The van der Waals surface area contributed by atoms with Crippen molar-refractivity contribution in [3.63, 3.8) is 0 Å². The average molecular weight is 415 g/mol. The van der Waals surface area contributed by atoms with E-state index in [0.717, 1.165) is 29.2 Å². The van der Waals surface area contributed by atoms with Crippen LogP contribution in [0.2, 0.25) is 0 Å². The molecule has 0 spiro atoms. The maximum Gasteiger partial charge on any atom is 0.307 e. The summed E-state index contributed by atoms with van der Waals surface area (Å²) in [6.07, 6.45) is 0.771. The predicted molar refractivity (Wildman–Crippen MR) is 126 cm³/mol. The molecule has 0 aliphatic carbocycles. The maximum atomic E-state index is 11.8. The van der Waals surface area contributed by atoms with E-state index < -0.39 is 0 Å². The Labute approximate surface area is 180 Å². The first-order valence-corrected chi connectivity index (χ1v) is 10.9. The van der Waals surface area contributed by atoms with Crippen molar-refractivity contribution in [2.75, 3.05) is 24.7 Å². The normalized spacial score (nSPS) is 18.7. The van der Waals surface area contributed by atoms with E-state index in [1.54, 1.807) is 0 Å². The number of nitrogens with zero attached hydrogens (tertiary/aromatic N) is 4. The van der Waals surface area contributed by atoms with Crippen molar-refractivity contribution < 1.29 is 4.79 Å². The van der Waals surface area contributed by atoms with E-state index in [1.165, 1.54) is 28.1 Å². The van der Waals surface area contributed by atoms with Gasteiger partial charge in [0, 0.05) is 31.8 Å². The van der Waals surface area contributed by atoms with E-state index in [9.17, 15) is 4.79 Å². The van der Waals surface area contributed by atoms with Crippen molar-refractivity contribution in [2.45, 2.75) is 12.5 Å². The largest absolute Gasteiger partial charge is 0.378 e. The van der Waals surface area contributed by atoms with Crippen LogP contribution in [0.3, 0.4) is 0 Å². The molecular weight excluding hydrogens is 392 g/mol. The van der Waals surface area contributed by atoms with Crippen LogP contribution >= 0.6 is 11.8 Å². The molecule has 5 nitrogen and oxygen atoms in total. The number of rotatable bonds is 3. The number of thioether (sulfide) groups is 1. The number of hydrogen-bond acceptors (Lipinski definition) is 5. The fourth-order valence-corrected chi connectivity index (χ4v) is 4.68. The first-order valence-electron chi connectivity index (χ1n) is 9.96. The Morgan fingerprint density at radius 2 is 1.77 bits per heavy atom. The van der Waals surface area contributed by atoms with Gasteiger partial charge in [-0.2, -0.15) is 10.1 Å². The quantitative estimate of drug-likeness (QED) is 0.582. The first kappa shape index (κ1) is 18.9. The molecule has 0 aromatic heterocycles. The van der Waals surface area contributed by atoms with Gasteiger partial charge in [0.1, 0.15) is 5.84 Å². The second kappa shape index (κ2) is 7.61. The molecule has 0 saturated carbocycles. The Morgan fingerprint density at radius 3 is 2.50 bits per heavy atom. The molecule has 2 aliphatic rings. The highest BCUT2D eigenvalue weighted by Crippen LogP contribution is 2.37. The molecule has 0 bridgehead atoms. The van der Waals surface area contributed by atoms with Gasteiger partial charge in [0.25, 0.3) is 0 Å². The molecule has 0 N–H and O–H groups in total. The fourth-order valence-electron chi connectivity index (χ4n) is 4.06. The zero-order chi connectivity index (χ0) is 20.7. The highest BCUT2D eigenvalue weighted by Gasteiger charge is 2.34. The predicted octanol–water partition coefficient (Wildman–Crippen LogP) is 5.32. The topological polar surface area (TPSA) is 48.3 Å². The molecule has 3 aromatic carbocycles. The second-order valence-electron chi connectivity index (χ2n) is 7.71. The Morgan fingerprint density at radius 1 is 1.00 bits per heavy atom. The molecule has 0 saturated heterocycles. The third-order valence-corrected chi connectivity index (χ3v) is 6.36. The van der Waals surface area contributed by atoms with Gasteiger partial charge in [-0.15, -0.1) is 0 Å². The van der Waals surface area contributed by atoms with E-state index >= 15 is 0 Å². The first-order chi connectivity index (χ1) is 14.6. The summed E-state index contributed by atoms with van der Waals surface area (Å²) in [4.78, 5) is 18.1. The molecule has 6 heteroatoms. The molecule has 1 amide bonds. The van der Waals surface area contributed by atoms with Gasteiger partial charge in [0.05, 0.1) is 17.5 Å². The number of benzene rings is 3. The summed E-state index contributed by atoms with van der Waals surface area (Å²) >= 11 is 1.24. The molecule has 5 rings (SSSR count). The minimum absolute atomic E-state index is 0.0282. The lowest BCUT2D eigenvalue weighted by atomic mass is 9.95. The van der Waals surface area contributed by atoms with Crippen LogP contribution in [0.4, 0.5) is 10.5 Å². The van der Waals surface area contributed by atoms with Crippen LogP contribution in [0.25, 0.3) is 10.8 Å². The molecule has 2 aliphatic heterocycles. The number of carbonyl (C=O) groups excluding carboxylic acids is 1. The number of hydrazone groups is 1. The van der Waals surface area contributed by atoms with Gasteiger partial charge in [0.2, 0.25) is 0 Å². The summed E-state index contributed by atoms with van der Waals surface area (Å²) in [6, 6.07) is 23.3. The molecule has 1 atom stereocenters. The summed E-state index contributed by atoms with van der Waals surface area (Å²) in [6.45, 7) is 0. The lowest BCUT2D eigenvalue weighted by Crippen LogP contribution is -2.27. The highest BCUT2D eigenvalue weighted by atomic mass is 32.2. The van der Waals surface area contributed by atoms with Crippen molar-refractivity contribution in [3.8, 4) is 0 Å². The molecular formula is C24H22N4OS. The maximum absolute atomic E-state index is 11.8. The number of anilines is 1. The third kappa shape index (κ3) is 3.37. The summed E-state index contributed by atoms with van der Waals surface area (Å²) in [7, 11) is 4.07. The monoisotopic (exact) mass is 414 g/mol. The van der Waals surface area contributed by atoms with Crippen molar-refractivity contribution in [1.82, 2.24) is 5.01 Å². The SMILES string of the molecule is CN(C)c1ccc(C2CC(c3cccc4ccccc34)=NN2C2=NC(=O)SC2)cc1. The van der Waals surface area contributed by atoms with E-state index in [-0.39, 0.29) is 11.3 Å². The van der Waals surface area contributed by atoms with Gasteiger partial charge >= 0.3 is 5.24 Å². The fraction of sp³-hybridized carbons (Fsp3) is 0.208. The van der Waals surface area contributed by atoms with E-state index in [1.807, 2.05) is 19.1 Å². The molecule has 30 heavy (non-hydrogen) atoms. The van der Waals surface area contributed by atoms with Crippen LogP contribution in [0.15, 0.2) is 76.8 Å². The number of fused-ring (bicyclic) bond motifs is 1. The molecule has 2 heterocycles. The van der Waals surface area contributed by atoms with Crippen LogP contribution in [-0.2, 0) is 0 Å². The molecule has 0 radical (unpaired) electrons. The van der Waals surface area contributed by atoms with Gasteiger partial charge in [-0.3, -0.25) is 4.79 Å². The summed E-state index contributed by atoms with van der Waals surface area (Å²) in [5.74, 6) is 1.30. The van der Waals surface area contributed by atoms with Crippen molar-refractivity contribution >= 4 is 45.0 Å². The number of hydrogen-bond donors (Lipinski definition) is 0. The molecule has 0 fully saturated rings. The van der Waals surface area contributed by atoms with Crippen molar-refractivity contribution in [3.05, 3.63) is 77.9 Å². The lowest BCUT2D eigenvalue weighted by molar-refractivity contribution is 0.267. The van der Waals surface area contributed by atoms with E-state index in [4.69, 9.17) is 5.10 Å². The summed E-state index contributed by atoms with van der Waals surface area (Å²) in [5.41, 5.74) is 4.50. The Kier molecular flexibility index (Phi) is 4.79. The Balaban J connectivity index is 1.57. The molecule has 3 aromatic rings. The number of amides is 1. The standard InChI is InChI=1S/C24H22N4OS/c1-27(2)18-12-10-17(11-13-18)22-14-21(26-28(22)23-15-30-24(29)25-23)20-9-5-7-16-6-3-4-8-19(16)20/h3-13,22H,14-15H2,1-2H3. The van der Waals surface area contributed by atoms with Gasteiger partial charge in [-0.05, 0) is 28.5 Å². The van der Waals surface area contributed by atoms with Gasteiger partial charge < -0.3 is 4.90 Å². The van der Waals surface area contributed by atoms with E-state index in [2.05, 4.69) is 76.6 Å². The van der Waals surface area contributed by atoms with E-state index in [0.29, 0.717) is 5.75 Å². The number of carbonyl (C=O) groups is 1. The van der Waals surface area contributed by atoms with Crippen LogP contribution in [0.5, 0.6) is 0 Å². The zero-order valence-corrected chi connectivity index (χ0v) is 17.8. The number of amidine groups is 1. The second-order valence-corrected chi connectivity index (χ2v) is 8.63. The van der Waals surface area contributed by atoms with Crippen LogP contribution in [-0.4, -0.2) is 41.6 Å². The molecule has 1 unspecified atom stereocenters. The molecule has 150 valence electrons. The van der Waals surface area contributed by atoms with Crippen molar-refractivity contribution in [2.24, 2.45) is 10.1 Å². The Bertz CT molecular complexity index is 1180. The zero-order valence-electron chi connectivity index (χ0n) is 16.9. The summed E-state index contributed by atoms with van der Waals surface area (Å²) < 4.78 is 0. The van der Waals surface area contributed by atoms with Gasteiger partial charge in [-0.1, -0.05) is 66.4 Å². The summed E-state index contributed by atoms with van der Waals surface area (Å²) in [5, 5.41) is 9.20.